The molecule has 1 fully saturated rings. The van der Waals surface area contributed by atoms with Crippen LogP contribution in [0.15, 0.2) is 18.5 Å². The largest absolute Gasteiger partial charge is 0.379 e. The lowest BCUT2D eigenvalue weighted by Crippen LogP contribution is -2.57. The number of hydrogen-bond donors (Lipinski definition) is 2. The maximum absolute atomic E-state index is 5.81. The Kier molecular flexibility index (Phi) is 4.52. The van der Waals surface area contributed by atoms with Crippen LogP contribution in [0.5, 0.6) is 0 Å². The molecule has 0 amide bonds. The smallest absolute Gasteiger partial charge is 0.0653 e. The molecule has 1 aromatic heterocycles. The molecule has 1 unspecified atom stereocenters. The third kappa shape index (κ3) is 3.12. The fraction of sp³-hybridized carbons (Fsp3) is 0.643. The van der Waals surface area contributed by atoms with Gasteiger partial charge in [-0.05, 0) is 31.9 Å². The van der Waals surface area contributed by atoms with E-state index in [1.807, 2.05) is 19.3 Å². The summed E-state index contributed by atoms with van der Waals surface area (Å²) in [5, 5.41) is 0. The zero-order chi connectivity index (χ0) is 13.9. The van der Waals surface area contributed by atoms with Gasteiger partial charge in [-0.25, -0.2) is 0 Å². The van der Waals surface area contributed by atoms with Gasteiger partial charge in [-0.1, -0.05) is 6.07 Å². The normalized spacial score (nSPS) is 19.4. The summed E-state index contributed by atoms with van der Waals surface area (Å²) in [5.74, 6) is 5.81. The number of nitrogens with zero attached hydrogens (tertiary/aromatic N) is 2. The minimum absolute atomic E-state index is 0.0398. The monoisotopic (exact) mass is 264 g/mol. The molecule has 1 aliphatic heterocycles. The van der Waals surface area contributed by atoms with E-state index in [0.29, 0.717) is 0 Å². The van der Waals surface area contributed by atoms with Crippen molar-refractivity contribution in [1.82, 2.24) is 15.3 Å². The Morgan fingerprint density at radius 3 is 2.63 bits per heavy atom. The number of morpholine rings is 1. The molecule has 0 bridgehead atoms. The van der Waals surface area contributed by atoms with E-state index in [-0.39, 0.29) is 11.6 Å². The maximum atomic E-state index is 5.81. The van der Waals surface area contributed by atoms with Crippen LogP contribution < -0.4 is 11.3 Å². The number of nitrogens with one attached hydrogen (secondary N) is 1. The lowest BCUT2D eigenvalue weighted by molar-refractivity contribution is -0.0239. The van der Waals surface area contributed by atoms with Gasteiger partial charge in [-0.3, -0.25) is 21.2 Å². The molecule has 0 aromatic carbocycles. The SMILES string of the molecule is Cc1cncc(C(NN)C(C)(C)N2CCOCC2)c1. The predicted octanol–water partition coefficient (Wildman–Crippen LogP) is 1.01. The van der Waals surface area contributed by atoms with Gasteiger partial charge < -0.3 is 4.74 Å². The zero-order valence-corrected chi connectivity index (χ0v) is 12.0. The van der Waals surface area contributed by atoms with Gasteiger partial charge in [0, 0.05) is 31.0 Å². The fourth-order valence-corrected chi connectivity index (χ4v) is 2.77. The number of aryl methyl sites for hydroxylation is 1. The Balaban J connectivity index is 2.24. The fourth-order valence-electron chi connectivity index (χ4n) is 2.77. The Bertz CT molecular complexity index is 416. The van der Waals surface area contributed by atoms with E-state index in [9.17, 15) is 0 Å². The van der Waals surface area contributed by atoms with Crippen LogP contribution in [0, 0.1) is 6.92 Å². The number of rotatable bonds is 4. The third-order valence-corrected chi connectivity index (χ3v) is 3.93. The lowest BCUT2D eigenvalue weighted by Gasteiger charge is -2.45. The first-order valence-electron chi connectivity index (χ1n) is 6.76. The number of hydrazine groups is 1. The minimum atomic E-state index is -0.0893. The van der Waals surface area contributed by atoms with Crippen molar-refractivity contribution in [3.05, 3.63) is 29.6 Å². The van der Waals surface area contributed by atoms with Crippen molar-refractivity contribution >= 4 is 0 Å². The second-order valence-electron chi connectivity index (χ2n) is 5.65. The van der Waals surface area contributed by atoms with Crippen LogP contribution in [0.1, 0.15) is 31.0 Å². The second-order valence-corrected chi connectivity index (χ2v) is 5.65. The highest BCUT2D eigenvalue weighted by Gasteiger charge is 2.36. The zero-order valence-electron chi connectivity index (χ0n) is 12.0. The summed E-state index contributed by atoms with van der Waals surface area (Å²) in [5.41, 5.74) is 5.14. The molecule has 0 aliphatic carbocycles. The van der Waals surface area contributed by atoms with Gasteiger partial charge in [-0.2, -0.15) is 0 Å². The summed E-state index contributed by atoms with van der Waals surface area (Å²) < 4.78 is 5.43. The van der Waals surface area contributed by atoms with Crippen molar-refractivity contribution in [1.29, 1.82) is 0 Å². The highest BCUT2D eigenvalue weighted by atomic mass is 16.5. The number of hydrogen-bond acceptors (Lipinski definition) is 5. The van der Waals surface area contributed by atoms with Crippen LogP contribution in [0.3, 0.4) is 0 Å². The molecule has 0 spiro atoms. The van der Waals surface area contributed by atoms with Gasteiger partial charge in [0.1, 0.15) is 0 Å². The summed E-state index contributed by atoms with van der Waals surface area (Å²) in [4.78, 5) is 6.69. The van der Waals surface area contributed by atoms with E-state index in [1.165, 1.54) is 0 Å². The quantitative estimate of drug-likeness (QED) is 0.627. The molecule has 5 heteroatoms. The Hall–Kier alpha value is -1.01. The number of pyridine rings is 1. The molecule has 3 N–H and O–H groups in total. The van der Waals surface area contributed by atoms with Crippen molar-refractivity contribution < 1.29 is 4.74 Å². The van der Waals surface area contributed by atoms with E-state index >= 15 is 0 Å². The number of nitrogens with two attached hydrogens (primary N) is 1. The molecule has 106 valence electrons. The van der Waals surface area contributed by atoms with E-state index in [4.69, 9.17) is 10.6 Å². The summed E-state index contributed by atoms with van der Waals surface area (Å²) in [6, 6.07) is 2.18. The average molecular weight is 264 g/mol. The van der Waals surface area contributed by atoms with Crippen molar-refractivity contribution in [2.45, 2.75) is 32.4 Å². The van der Waals surface area contributed by atoms with Crippen molar-refractivity contribution in [3.8, 4) is 0 Å². The van der Waals surface area contributed by atoms with Gasteiger partial charge in [0.15, 0.2) is 0 Å². The van der Waals surface area contributed by atoms with Crippen LogP contribution in [0.4, 0.5) is 0 Å². The summed E-state index contributed by atoms with van der Waals surface area (Å²) >= 11 is 0. The van der Waals surface area contributed by atoms with Gasteiger partial charge in [0.2, 0.25) is 0 Å². The minimum Gasteiger partial charge on any atom is -0.379 e. The van der Waals surface area contributed by atoms with Crippen molar-refractivity contribution in [3.63, 3.8) is 0 Å². The van der Waals surface area contributed by atoms with Gasteiger partial charge in [0.25, 0.3) is 0 Å². The second kappa shape index (κ2) is 5.96. The maximum Gasteiger partial charge on any atom is 0.0653 e. The molecule has 1 aliphatic rings. The topological polar surface area (TPSA) is 63.4 Å². The predicted molar refractivity (Wildman–Crippen MR) is 75.5 cm³/mol. The number of ether oxygens (including phenoxy) is 1. The summed E-state index contributed by atoms with van der Waals surface area (Å²) in [6.07, 6.45) is 3.75. The van der Waals surface area contributed by atoms with Gasteiger partial charge in [-0.15, -0.1) is 0 Å². The van der Waals surface area contributed by atoms with Crippen molar-refractivity contribution in [2.75, 3.05) is 26.3 Å². The van der Waals surface area contributed by atoms with Crippen molar-refractivity contribution in [2.24, 2.45) is 5.84 Å². The molecule has 5 nitrogen and oxygen atoms in total. The summed E-state index contributed by atoms with van der Waals surface area (Å²) in [7, 11) is 0. The van der Waals surface area contributed by atoms with Crippen LogP contribution in [-0.2, 0) is 4.74 Å². The van der Waals surface area contributed by atoms with E-state index in [2.05, 4.69) is 35.2 Å². The highest BCUT2D eigenvalue weighted by molar-refractivity contribution is 5.23. The first kappa shape index (κ1) is 14.4. The molecule has 2 heterocycles. The Morgan fingerprint density at radius 1 is 1.37 bits per heavy atom. The molecule has 2 rings (SSSR count). The standard InChI is InChI=1S/C14H24N4O/c1-11-8-12(10-16-9-11)13(17-15)14(2,3)18-4-6-19-7-5-18/h8-10,13,17H,4-7,15H2,1-3H3. The van der Waals surface area contributed by atoms with E-state index in [0.717, 1.165) is 37.4 Å². The van der Waals surface area contributed by atoms with Crippen LogP contribution in [0.25, 0.3) is 0 Å². The lowest BCUT2D eigenvalue weighted by atomic mass is 9.87. The number of aromatic nitrogens is 1. The van der Waals surface area contributed by atoms with E-state index in [1.54, 1.807) is 0 Å². The molecule has 0 saturated carbocycles. The molecular formula is C14H24N4O. The highest BCUT2D eigenvalue weighted by Crippen LogP contribution is 2.31. The molecule has 1 saturated heterocycles. The first-order chi connectivity index (χ1) is 9.05. The van der Waals surface area contributed by atoms with Gasteiger partial charge >= 0.3 is 0 Å². The first-order valence-corrected chi connectivity index (χ1v) is 6.76. The molecule has 0 radical (unpaired) electrons. The van der Waals surface area contributed by atoms with Crippen LogP contribution in [0.2, 0.25) is 0 Å². The molecule has 1 aromatic rings. The van der Waals surface area contributed by atoms with Gasteiger partial charge in [0.05, 0.1) is 19.3 Å². The van der Waals surface area contributed by atoms with E-state index < -0.39 is 0 Å². The average Bonchev–Trinajstić information content (AvgIpc) is 2.40. The molecule has 1 atom stereocenters. The Morgan fingerprint density at radius 2 is 2.05 bits per heavy atom. The third-order valence-electron chi connectivity index (χ3n) is 3.93. The Labute approximate surface area is 115 Å². The van der Waals surface area contributed by atoms with Crippen LogP contribution in [-0.4, -0.2) is 41.7 Å². The molecular weight excluding hydrogens is 240 g/mol. The summed E-state index contributed by atoms with van der Waals surface area (Å²) in [6.45, 7) is 9.91. The van der Waals surface area contributed by atoms with Crippen LogP contribution >= 0.6 is 0 Å². The molecule has 19 heavy (non-hydrogen) atoms.